The highest BCUT2D eigenvalue weighted by Crippen LogP contribution is 2.37. The van der Waals surface area contributed by atoms with Gasteiger partial charge in [0.05, 0.1) is 29.9 Å². The fourth-order valence-corrected chi connectivity index (χ4v) is 4.31. The molecule has 0 fully saturated rings. The third kappa shape index (κ3) is 4.40. The van der Waals surface area contributed by atoms with Gasteiger partial charge in [0.25, 0.3) is 0 Å². The SMILES string of the molecule is COC[C@H]1COc2ccc(F)cc2-c2nnc(C(CS(N)(=O)=O)c3ncc(C)cn3)n21. The number of primary sulfonamides is 1. The van der Waals surface area contributed by atoms with Crippen molar-refractivity contribution >= 4 is 10.0 Å². The number of rotatable bonds is 6. The summed E-state index contributed by atoms with van der Waals surface area (Å²) in [6, 6.07) is 3.70. The van der Waals surface area contributed by atoms with E-state index in [4.69, 9.17) is 14.6 Å². The van der Waals surface area contributed by atoms with E-state index in [1.54, 1.807) is 17.0 Å². The average Bonchev–Trinajstić information content (AvgIpc) is 3.08. The predicted molar refractivity (Wildman–Crippen MR) is 108 cm³/mol. The van der Waals surface area contributed by atoms with Crippen molar-refractivity contribution in [2.24, 2.45) is 5.14 Å². The molecule has 2 aromatic heterocycles. The normalized spacial score (nSPS) is 16.7. The van der Waals surface area contributed by atoms with Crippen molar-refractivity contribution in [2.45, 2.75) is 18.9 Å². The summed E-state index contributed by atoms with van der Waals surface area (Å²) in [5.74, 6) is -0.570. The smallest absolute Gasteiger partial charge is 0.210 e. The number of ether oxygens (including phenoxy) is 2. The minimum Gasteiger partial charge on any atom is -0.491 e. The van der Waals surface area contributed by atoms with Gasteiger partial charge in [-0.25, -0.2) is 27.9 Å². The van der Waals surface area contributed by atoms with Crippen LogP contribution in [0.5, 0.6) is 5.75 Å². The molecule has 0 bridgehead atoms. The van der Waals surface area contributed by atoms with Crippen LogP contribution in [-0.2, 0) is 14.8 Å². The van der Waals surface area contributed by atoms with Crippen molar-refractivity contribution in [3.05, 3.63) is 53.6 Å². The van der Waals surface area contributed by atoms with E-state index in [1.165, 1.54) is 25.3 Å². The van der Waals surface area contributed by atoms with Crippen molar-refractivity contribution in [2.75, 3.05) is 26.1 Å². The van der Waals surface area contributed by atoms with E-state index in [2.05, 4.69) is 20.2 Å². The molecule has 3 aromatic rings. The van der Waals surface area contributed by atoms with Crippen LogP contribution >= 0.6 is 0 Å². The van der Waals surface area contributed by atoms with Gasteiger partial charge in [-0.2, -0.15) is 0 Å². The Labute approximate surface area is 178 Å². The molecular formula is C19H21FN6O4S. The first-order valence-corrected chi connectivity index (χ1v) is 11.1. The maximum atomic E-state index is 14.0. The molecule has 0 spiro atoms. The first kappa shape index (κ1) is 21.3. The standard InChI is InChI=1S/C19H21FN6O4S/c1-11-6-22-17(23-7-11)15(10-31(21,27)28)19-25-24-18-14-5-12(20)3-4-16(14)30-9-13(8-29-2)26(18)19/h3-7,13,15H,8-10H2,1-2H3,(H2,21,27,28)/t13-,15?/m0/s1. The molecule has 0 saturated heterocycles. The lowest BCUT2D eigenvalue weighted by atomic mass is 10.1. The van der Waals surface area contributed by atoms with Gasteiger partial charge in [-0.3, -0.25) is 0 Å². The minimum absolute atomic E-state index is 0.182. The summed E-state index contributed by atoms with van der Waals surface area (Å²) in [7, 11) is -2.39. The molecule has 0 radical (unpaired) electrons. The van der Waals surface area contributed by atoms with Gasteiger partial charge >= 0.3 is 0 Å². The van der Waals surface area contributed by atoms with Crippen LogP contribution in [0.3, 0.4) is 0 Å². The monoisotopic (exact) mass is 448 g/mol. The number of methoxy groups -OCH3 is 1. The Morgan fingerprint density at radius 1 is 1.32 bits per heavy atom. The van der Waals surface area contributed by atoms with E-state index in [-0.39, 0.29) is 24.9 Å². The van der Waals surface area contributed by atoms with Crippen LogP contribution in [0.15, 0.2) is 30.6 Å². The van der Waals surface area contributed by atoms with E-state index >= 15 is 0 Å². The van der Waals surface area contributed by atoms with Crippen molar-refractivity contribution in [3.63, 3.8) is 0 Å². The number of aromatic nitrogens is 5. The number of nitrogens with zero attached hydrogens (tertiary/aromatic N) is 5. The average molecular weight is 448 g/mol. The van der Waals surface area contributed by atoms with Crippen LogP contribution < -0.4 is 9.88 Å². The fourth-order valence-electron chi connectivity index (χ4n) is 3.54. The predicted octanol–water partition coefficient (Wildman–Crippen LogP) is 1.18. The van der Waals surface area contributed by atoms with E-state index < -0.39 is 33.6 Å². The summed E-state index contributed by atoms with van der Waals surface area (Å²) in [6.07, 6.45) is 3.16. The van der Waals surface area contributed by atoms with E-state index in [0.29, 0.717) is 17.1 Å². The summed E-state index contributed by atoms with van der Waals surface area (Å²) in [5.41, 5.74) is 1.21. The van der Waals surface area contributed by atoms with Crippen molar-refractivity contribution in [1.29, 1.82) is 0 Å². The summed E-state index contributed by atoms with van der Waals surface area (Å²) >= 11 is 0. The van der Waals surface area contributed by atoms with E-state index in [0.717, 1.165) is 5.56 Å². The van der Waals surface area contributed by atoms with Crippen LogP contribution in [0.1, 0.15) is 29.2 Å². The van der Waals surface area contributed by atoms with E-state index in [9.17, 15) is 12.8 Å². The van der Waals surface area contributed by atoms with Gasteiger partial charge < -0.3 is 14.0 Å². The number of nitrogens with two attached hydrogens (primary N) is 1. The molecule has 0 saturated carbocycles. The van der Waals surface area contributed by atoms with Crippen molar-refractivity contribution < 1.29 is 22.3 Å². The Balaban J connectivity index is 1.92. The maximum Gasteiger partial charge on any atom is 0.210 e. The molecule has 12 heteroatoms. The lowest BCUT2D eigenvalue weighted by molar-refractivity contribution is 0.123. The first-order chi connectivity index (χ1) is 14.8. The van der Waals surface area contributed by atoms with Gasteiger partial charge in [0, 0.05) is 19.5 Å². The highest BCUT2D eigenvalue weighted by atomic mass is 32.2. The molecular weight excluding hydrogens is 427 g/mol. The Bertz CT molecular complexity index is 1200. The van der Waals surface area contributed by atoms with Crippen LogP contribution in [0.25, 0.3) is 11.4 Å². The molecule has 2 N–H and O–H groups in total. The summed E-state index contributed by atoms with van der Waals surface area (Å²) in [6.45, 7) is 2.23. The van der Waals surface area contributed by atoms with Crippen LogP contribution in [0, 0.1) is 12.7 Å². The molecule has 164 valence electrons. The third-order valence-electron chi connectivity index (χ3n) is 4.88. The number of aryl methyl sites for hydroxylation is 1. The Kier molecular flexibility index (Phi) is 5.69. The lowest BCUT2D eigenvalue weighted by Gasteiger charge is -2.22. The molecule has 1 aromatic carbocycles. The van der Waals surface area contributed by atoms with Crippen LogP contribution in [0.4, 0.5) is 4.39 Å². The second kappa shape index (κ2) is 8.29. The highest BCUT2D eigenvalue weighted by molar-refractivity contribution is 7.89. The number of sulfonamides is 1. The summed E-state index contributed by atoms with van der Waals surface area (Å²) in [5, 5.41) is 13.9. The van der Waals surface area contributed by atoms with Crippen molar-refractivity contribution in [1.82, 2.24) is 24.7 Å². The molecule has 4 rings (SSSR count). The van der Waals surface area contributed by atoms with Crippen LogP contribution in [0.2, 0.25) is 0 Å². The third-order valence-corrected chi connectivity index (χ3v) is 5.68. The fraction of sp³-hybridized carbons (Fsp3) is 0.368. The van der Waals surface area contributed by atoms with Crippen LogP contribution in [-0.4, -0.2) is 59.2 Å². The highest BCUT2D eigenvalue weighted by Gasteiger charge is 2.34. The van der Waals surface area contributed by atoms with Gasteiger partial charge in [0.2, 0.25) is 10.0 Å². The lowest BCUT2D eigenvalue weighted by Crippen LogP contribution is -2.29. The number of hydrogen-bond donors (Lipinski definition) is 1. The topological polar surface area (TPSA) is 135 Å². The number of halogens is 1. The Hall–Kier alpha value is -2.96. The zero-order valence-corrected chi connectivity index (χ0v) is 17.7. The molecule has 1 aliphatic heterocycles. The molecule has 10 nitrogen and oxygen atoms in total. The molecule has 2 atom stereocenters. The molecule has 0 amide bonds. The number of benzene rings is 1. The second-order valence-corrected chi connectivity index (χ2v) is 8.97. The molecule has 1 unspecified atom stereocenters. The zero-order chi connectivity index (χ0) is 22.2. The van der Waals surface area contributed by atoms with Crippen molar-refractivity contribution in [3.8, 4) is 17.1 Å². The van der Waals surface area contributed by atoms with Gasteiger partial charge in [-0.15, -0.1) is 10.2 Å². The summed E-state index contributed by atoms with van der Waals surface area (Å²) in [4.78, 5) is 8.57. The molecule has 1 aliphatic rings. The quantitative estimate of drug-likeness (QED) is 0.594. The minimum atomic E-state index is -3.92. The first-order valence-electron chi connectivity index (χ1n) is 9.42. The number of fused-ring (bicyclic) bond motifs is 3. The number of hydrogen-bond acceptors (Lipinski definition) is 8. The van der Waals surface area contributed by atoms with Gasteiger partial charge in [0.15, 0.2) is 5.82 Å². The Morgan fingerprint density at radius 2 is 2.06 bits per heavy atom. The van der Waals surface area contributed by atoms with Gasteiger partial charge in [-0.1, -0.05) is 0 Å². The second-order valence-electron chi connectivity index (χ2n) is 7.31. The maximum absolute atomic E-state index is 14.0. The van der Waals surface area contributed by atoms with Gasteiger partial charge in [-0.05, 0) is 30.7 Å². The largest absolute Gasteiger partial charge is 0.491 e. The van der Waals surface area contributed by atoms with E-state index in [1.807, 2.05) is 6.92 Å². The molecule has 31 heavy (non-hydrogen) atoms. The zero-order valence-electron chi connectivity index (χ0n) is 16.9. The Morgan fingerprint density at radius 3 is 2.74 bits per heavy atom. The molecule has 3 heterocycles. The summed E-state index contributed by atoms with van der Waals surface area (Å²) < 4.78 is 51.0. The van der Waals surface area contributed by atoms with Gasteiger partial charge in [0.1, 0.15) is 29.8 Å². The molecule has 0 aliphatic carbocycles.